The zero-order valence-corrected chi connectivity index (χ0v) is 9.13. The number of hydrogen-bond acceptors (Lipinski definition) is 5. The lowest BCUT2D eigenvalue weighted by Crippen LogP contribution is -2.24. The third-order valence-corrected chi connectivity index (χ3v) is 2.26. The van der Waals surface area contributed by atoms with Crippen molar-refractivity contribution < 1.29 is 4.42 Å². The van der Waals surface area contributed by atoms with Crippen molar-refractivity contribution >= 4 is 11.8 Å². The maximum Gasteiger partial charge on any atom is 0.227 e. The summed E-state index contributed by atoms with van der Waals surface area (Å²) in [5.74, 6) is 1.98. The van der Waals surface area contributed by atoms with Crippen LogP contribution in [0.5, 0.6) is 0 Å². The highest BCUT2D eigenvalue weighted by Crippen LogP contribution is 2.12. The van der Waals surface area contributed by atoms with Crippen molar-refractivity contribution in [2.45, 2.75) is 13.5 Å². The van der Waals surface area contributed by atoms with E-state index >= 15 is 0 Å². The highest BCUT2D eigenvalue weighted by molar-refractivity contribution is 5.37. The van der Waals surface area contributed by atoms with E-state index in [0.29, 0.717) is 18.3 Å². The van der Waals surface area contributed by atoms with Gasteiger partial charge in [-0.3, -0.25) is 0 Å². The summed E-state index contributed by atoms with van der Waals surface area (Å²) in [4.78, 5) is 10.4. The van der Waals surface area contributed by atoms with Gasteiger partial charge in [-0.25, -0.2) is 4.98 Å². The number of rotatable bonds is 4. The molecule has 2 heterocycles. The molecule has 0 aliphatic heterocycles. The fourth-order valence-electron chi connectivity index (χ4n) is 1.43. The molecule has 16 heavy (non-hydrogen) atoms. The van der Waals surface area contributed by atoms with E-state index in [-0.39, 0.29) is 0 Å². The van der Waals surface area contributed by atoms with Gasteiger partial charge >= 0.3 is 0 Å². The fraction of sp³-hybridized carbons (Fsp3) is 0.273. The Hall–Kier alpha value is -2.04. The van der Waals surface area contributed by atoms with Crippen LogP contribution in [-0.4, -0.2) is 16.5 Å². The van der Waals surface area contributed by atoms with Gasteiger partial charge in [-0.15, -0.1) is 0 Å². The third-order valence-electron chi connectivity index (χ3n) is 2.26. The first kappa shape index (κ1) is 10.5. The summed E-state index contributed by atoms with van der Waals surface area (Å²) >= 11 is 0. The lowest BCUT2D eigenvalue weighted by molar-refractivity contribution is 0.502. The van der Waals surface area contributed by atoms with Crippen LogP contribution in [0.15, 0.2) is 35.1 Å². The second-order valence-electron chi connectivity index (χ2n) is 3.38. The van der Waals surface area contributed by atoms with Crippen LogP contribution in [-0.2, 0) is 6.54 Å². The second kappa shape index (κ2) is 4.65. The first-order valence-corrected chi connectivity index (χ1v) is 5.15. The largest absolute Gasteiger partial charge is 0.467 e. The molecule has 84 valence electrons. The van der Waals surface area contributed by atoms with Crippen molar-refractivity contribution in [3.63, 3.8) is 0 Å². The van der Waals surface area contributed by atoms with Crippen LogP contribution >= 0.6 is 0 Å². The van der Waals surface area contributed by atoms with Crippen molar-refractivity contribution in [2.75, 3.05) is 17.2 Å². The van der Waals surface area contributed by atoms with Crippen LogP contribution in [0.2, 0.25) is 0 Å². The SMILES string of the molecule is CCN(Cc1ccco1)c1nccc(N)n1. The normalized spacial score (nSPS) is 10.3. The topological polar surface area (TPSA) is 68.2 Å². The van der Waals surface area contributed by atoms with E-state index in [1.807, 2.05) is 24.0 Å². The molecule has 0 unspecified atom stereocenters. The molecule has 0 saturated heterocycles. The van der Waals surface area contributed by atoms with Crippen molar-refractivity contribution in [3.05, 3.63) is 36.4 Å². The van der Waals surface area contributed by atoms with Gasteiger partial charge in [0.1, 0.15) is 11.6 Å². The fourth-order valence-corrected chi connectivity index (χ4v) is 1.43. The molecule has 5 heteroatoms. The number of nitrogens with two attached hydrogens (primary N) is 1. The van der Waals surface area contributed by atoms with Gasteiger partial charge in [-0.1, -0.05) is 0 Å². The molecule has 0 spiro atoms. The first-order chi connectivity index (χ1) is 7.79. The summed E-state index contributed by atoms with van der Waals surface area (Å²) in [6.07, 6.45) is 3.31. The molecular formula is C11H14N4O. The Morgan fingerprint density at radius 2 is 2.31 bits per heavy atom. The van der Waals surface area contributed by atoms with Gasteiger partial charge in [0.05, 0.1) is 12.8 Å². The van der Waals surface area contributed by atoms with E-state index in [4.69, 9.17) is 10.2 Å². The zero-order chi connectivity index (χ0) is 11.4. The first-order valence-electron chi connectivity index (χ1n) is 5.15. The maximum atomic E-state index is 5.62. The van der Waals surface area contributed by atoms with Gasteiger partial charge in [0, 0.05) is 12.7 Å². The summed E-state index contributed by atoms with van der Waals surface area (Å²) < 4.78 is 5.29. The van der Waals surface area contributed by atoms with Crippen molar-refractivity contribution in [3.8, 4) is 0 Å². The van der Waals surface area contributed by atoms with Gasteiger partial charge < -0.3 is 15.1 Å². The van der Waals surface area contributed by atoms with E-state index in [2.05, 4.69) is 9.97 Å². The number of aromatic nitrogens is 2. The van der Waals surface area contributed by atoms with E-state index in [0.717, 1.165) is 12.3 Å². The Morgan fingerprint density at radius 1 is 1.44 bits per heavy atom. The van der Waals surface area contributed by atoms with E-state index in [1.54, 1.807) is 18.5 Å². The van der Waals surface area contributed by atoms with Gasteiger partial charge in [-0.2, -0.15) is 4.98 Å². The standard InChI is InChI=1S/C11H14N4O/c1-2-15(8-9-4-3-7-16-9)11-13-6-5-10(12)14-11/h3-7H,2,8H2,1H3,(H2,12,13,14). The summed E-state index contributed by atoms with van der Waals surface area (Å²) in [6, 6.07) is 5.46. The van der Waals surface area contributed by atoms with Gasteiger partial charge in [0.15, 0.2) is 0 Å². The Labute approximate surface area is 93.9 Å². The van der Waals surface area contributed by atoms with Crippen molar-refractivity contribution in [2.24, 2.45) is 0 Å². The smallest absolute Gasteiger partial charge is 0.227 e. The van der Waals surface area contributed by atoms with Crippen LogP contribution in [0.3, 0.4) is 0 Å². The average Bonchev–Trinajstić information content (AvgIpc) is 2.78. The molecule has 0 aliphatic rings. The lowest BCUT2D eigenvalue weighted by atomic mass is 10.4. The molecule has 0 radical (unpaired) electrons. The molecule has 5 nitrogen and oxygen atoms in total. The highest BCUT2D eigenvalue weighted by atomic mass is 16.3. The summed E-state index contributed by atoms with van der Waals surface area (Å²) in [5, 5.41) is 0. The third kappa shape index (κ3) is 2.31. The Balaban J connectivity index is 2.16. The number of hydrogen-bond donors (Lipinski definition) is 1. The van der Waals surface area contributed by atoms with Gasteiger partial charge in [0.2, 0.25) is 5.95 Å². The number of nitrogens with zero attached hydrogens (tertiary/aromatic N) is 3. The minimum Gasteiger partial charge on any atom is -0.467 e. The van der Waals surface area contributed by atoms with Gasteiger partial charge in [-0.05, 0) is 25.1 Å². The van der Waals surface area contributed by atoms with Gasteiger partial charge in [0.25, 0.3) is 0 Å². The molecule has 0 fully saturated rings. The van der Waals surface area contributed by atoms with Crippen LogP contribution in [0, 0.1) is 0 Å². The highest BCUT2D eigenvalue weighted by Gasteiger charge is 2.09. The number of anilines is 2. The van der Waals surface area contributed by atoms with Crippen LogP contribution in [0.25, 0.3) is 0 Å². The molecule has 0 atom stereocenters. The average molecular weight is 218 g/mol. The molecule has 0 aromatic carbocycles. The molecule has 2 rings (SSSR count). The molecule has 0 bridgehead atoms. The quantitative estimate of drug-likeness (QED) is 0.845. The predicted octanol–water partition coefficient (Wildman–Crippen LogP) is 1.68. The minimum absolute atomic E-state index is 0.475. The number of nitrogen functional groups attached to an aromatic ring is 1. The van der Waals surface area contributed by atoms with Crippen LogP contribution in [0.1, 0.15) is 12.7 Å². The second-order valence-corrected chi connectivity index (χ2v) is 3.38. The van der Waals surface area contributed by atoms with Crippen LogP contribution < -0.4 is 10.6 Å². The van der Waals surface area contributed by atoms with Crippen LogP contribution in [0.4, 0.5) is 11.8 Å². The predicted molar refractivity (Wildman–Crippen MR) is 61.9 cm³/mol. The van der Waals surface area contributed by atoms with E-state index in [1.165, 1.54) is 0 Å². The summed E-state index contributed by atoms with van der Waals surface area (Å²) in [6.45, 7) is 3.48. The molecule has 0 amide bonds. The zero-order valence-electron chi connectivity index (χ0n) is 9.13. The van der Waals surface area contributed by atoms with Crippen molar-refractivity contribution in [1.82, 2.24) is 9.97 Å². The number of furan rings is 1. The lowest BCUT2D eigenvalue weighted by Gasteiger charge is -2.19. The van der Waals surface area contributed by atoms with E-state index in [9.17, 15) is 0 Å². The molecular weight excluding hydrogens is 204 g/mol. The Kier molecular flexibility index (Phi) is 3.05. The maximum absolute atomic E-state index is 5.62. The molecule has 2 aromatic heterocycles. The minimum atomic E-state index is 0.475. The Bertz CT molecular complexity index is 441. The monoisotopic (exact) mass is 218 g/mol. The Morgan fingerprint density at radius 3 is 2.94 bits per heavy atom. The summed E-state index contributed by atoms with van der Waals surface area (Å²) in [5.41, 5.74) is 5.62. The summed E-state index contributed by atoms with van der Waals surface area (Å²) in [7, 11) is 0. The molecule has 2 N–H and O–H groups in total. The molecule has 2 aromatic rings. The van der Waals surface area contributed by atoms with Crippen molar-refractivity contribution in [1.29, 1.82) is 0 Å². The van der Waals surface area contributed by atoms with E-state index < -0.39 is 0 Å². The molecule has 0 saturated carbocycles. The molecule has 0 aliphatic carbocycles.